The second kappa shape index (κ2) is 9.56. The average Bonchev–Trinajstić information content (AvgIpc) is 3.01. The summed E-state index contributed by atoms with van der Waals surface area (Å²) in [4.78, 5) is 19.4. The Bertz CT molecular complexity index is 828. The van der Waals surface area contributed by atoms with Crippen molar-refractivity contribution in [3.63, 3.8) is 0 Å². The van der Waals surface area contributed by atoms with Gasteiger partial charge in [-0.15, -0.1) is 0 Å². The predicted molar refractivity (Wildman–Crippen MR) is 94.3 cm³/mol. The average molecular weight is 344 g/mol. The minimum Gasteiger partial charge on any atom is -1.00 e. The number of amides is 1. The third-order valence-corrected chi connectivity index (χ3v) is 3.57. The monoisotopic (exact) mass is 344 g/mol. The Hall–Kier alpha value is -1.89. The molecule has 1 aromatic carbocycles. The first-order chi connectivity index (χ1) is 11.2. The predicted octanol–water partition coefficient (Wildman–Crippen LogP) is 0.368. The van der Waals surface area contributed by atoms with Gasteiger partial charge in [-0.1, -0.05) is 12.1 Å². The molecule has 3 rings (SSSR count). The van der Waals surface area contributed by atoms with E-state index in [-0.39, 0.29) is 51.1 Å². The number of pyridine rings is 1. The molecule has 0 aliphatic rings. The molecule has 2 N–H and O–H groups in total. The van der Waals surface area contributed by atoms with E-state index in [9.17, 15) is 9.18 Å². The van der Waals surface area contributed by atoms with Crippen LogP contribution in [0.15, 0.2) is 55.0 Å². The van der Waals surface area contributed by atoms with E-state index in [1.165, 1.54) is 12.1 Å². The number of carbonyl (C=O) groups is 1. The maximum Gasteiger partial charge on any atom is 1.00 e. The second-order valence-corrected chi connectivity index (χ2v) is 5.05. The van der Waals surface area contributed by atoms with Crippen molar-refractivity contribution in [2.45, 2.75) is 6.92 Å². The van der Waals surface area contributed by atoms with Crippen molar-refractivity contribution >= 4 is 14.3 Å². The molecule has 0 atom stereocenters. The summed E-state index contributed by atoms with van der Waals surface area (Å²) in [5.74, 6) is -0.466. The van der Waals surface area contributed by atoms with E-state index < -0.39 is 0 Å². The van der Waals surface area contributed by atoms with Crippen LogP contribution in [-0.2, 0) is 0 Å². The van der Waals surface area contributed by atoms with Gasteiger partial charge in [-0.2, -0.15) is 0 Å². The van der Waals surface area contributed by atoms with Gasteiger partial charge in [0.15, 0.2) is 0 Å². The summed E-state index contributed by atoms with van der Waals surface area (Å²) < 4.78 is 13.2. The van der Waals surface area contributed by atoms with Crippen molar-refractivity contribution in [2.75, 3.05) is 6.54 Å². The first-order valence-corrected chi connectivity index (χ1v) is 7.36. The Balaban J connectivity index is 0.00000208. The molecular weight excluding hydrogens is 327 g/mol. The molecule has 4 nitrogen and oxygen atoms in total. The Morgan fingerprint density at radius 1 is 1.16 bits per heavy atom. The Kier molecular flexibility index (Phi) is 8.09. The smallest absolute Gasteiger partial charge is 1.00 e. The third-order valence-electron chi connectivity index (χ3n) is 3.57. The molecule has 0 saturated heterocycles. The number of benzene rings is 1. The second-order valence-electron chi connectivity index (χ2n) is 5.05. The van der Waals surface area contributed by atoms with Crippen LogP contribution in [0.4, 0.5) is 4.39 Å². The Labute approximate surface area is 171 Å². The van der Waals surface area contributed by atoms with E-state index in [2.05, 4.69) is 15.3 Å². The SMILES string of the molecule is CCNC(=O)c1[nH]cc(-c2ccc(F)cc2)c1-c1ccncc1.[B].[H-].[Na+]. The quantitative estimate of drug-likeness (QED) is 0.672. The number of H-pyrrole nitrogens is 1. The van der Waals surface area contributed by atoms with E-state index in [0.717, 1.165) is 22.3 Å². The third kappa shape index (κ3) is 4.60. The first kappa shape index (κ1) is 21.2. The topological polar surface area (TPSA) is 57.8 Å². The van der Waals surface area contributed by atoms with Gasteiger partial charge in [0.2, 0.25) is 0 Å². The maximum absolute atomic E-state index is 13.2. The number of halogens is 1. The van der Waals surface area contributed by atoms with Crippen LogP contribution in [0, 0.1) is 5.82 Å². The zero-order valence-electron chi connectivity index (χ0n) is 15.2. The van der Waals surface area contributed by atoms with Gasteiger partial charge in [-0.25, -0.2) is 4.39 Å². The number of rotatable bonds is 4. The van der Waals surface area contributed by atoms with Gasteiger partial charge in [0.1, 0.15) is 11.5 Å². The maximum atomic E-state index is 13.2. The normalized spacial score (nSPS) is 9.68. The summed E-state index contributed by atoms with van der Waals surface area (Å²) in [7, 11) is 0. The molecular formula is C18H17BFN3NaO. The molecule has 2 aromatic heterocycles. The largest absolute Gasteiger partial charge is 1.00 e. The van der Waals surface area contributed by atoms with Gasteiger partial charge < -0.3 is 11.7 Å². The summed E-state index contributed by atoms with van der Waals surface area (Å²) in [5, 5.41) is 2.80. The minimum absolute atomic E-state index is 0. The van der Waals surface area contributed by atoms with E-state index in [4.69, 9.17) is 0 Å². The molecule has 0 fully saturated rings. The molecule has 0 bridgehead atoms. The van der Waals surface area contributed by atoms with Gasteiger partial charge in [0.25, 0.3) is 5.91 Å². The molecule has 1 amide bonds. The fourth-order valence-electron chi connectivity index (χ4n) is 2.53. The molecule has 121 valence electrons. The molecule has 2 heterocycles. The number of hydrogen-bond donors (Lipinski definition) is 2. The minimum atomic E-state index is -0.293. The van der Waals surface area contributed by atoms with Crippen LogP contribution in [-0.4, -0.2) is 30.8 Å². The standard InChI is InChI=1S/C18H16FN3O.B.Na.H/c1-2-21-18(23)17-16(13-7-9-20-10-8-13)15(11-22-17)12-3-5-14(19)6-4-12;;;/h3-11,22H,2H2,1H3,(H,21,23);;;/q;;+1;-1. The molecule has 3 radical (unpaired) electrons. The fourth-order valence-corrected chi connectivity index (χ4v) is 2.53. The van der Waals surface area contributed by atoms with Gasteiger partial charge >= 0.3 is 29.6 Å². The van der Waals surface area contributed by atoms with Gasteiger partial charge in [0, 0.05) is 44.7 Å². The van der Waals surface area contributed by atoms with Crippen LogP contribution in [0.2, 0.25) is 0 Å². The van der Waals surface area contributed by atoms with Crippen LogP contribution in [0.5, 0.6) is 0 Å². The summed E-state index contributed by atoms with van der Waals surface area (Å²) in [6, 6.07) is 9.90. The van der Waals surface area contributed by atoms with Crippen molar-refractivity contribution in [3.8, 4) is 22.3 Å². The summed E-state index contributed by atoms with van der Waals surface area (Å²) >= 11 is 0. The fraction of sp³-hybridized carbons (Fsp3) is 0.111. The van der Waals surface area contributed by atoms with Crippen molar-refractivity contribution in [3.05, 3.63) is 66.5 Å². The van der Waals surface area contributed by atoms with Crippen molar-refractivity contribution in [2.24, 2.45) is 0 Å². The van der Waals surface area contributed by atoms with E-state index in [0.29, 0.717) is 12.2 Å². The summed E-state index contributed by atoms with van der Waals surface area (Å²) in [6.45, 7) is 2.41. The first-order valence-electron chi connectivity index (χ1n) is 7.36. The molecule has 0 unspecified atom stereocenters. The number of carbonyl (C=O) groups excluding carboxylic acids is 1. The number of aromatic amines is 1. The van der Waals surface area contributed by atoms with E-state index in [1.807, 2.05) is 19.1 Å². The number of nitrogens with one attached hydrogen (secondary N) is 2. The number of aromatic nitrogens is 2. The molecule has 0 aliphatic heterocycles. The zero-order chi connectivity index (χ0) is 16.2. The summed E-state index contributed by atoms with van der Waals surface area (Å²) in [6.07, 6.45) is 5.13. The van der Waals surface area contributed by atoms with Crippen molar-refractivity contribution in [1.29, 1.82) is 0 Å². The van der Waals surface area contributed by atoms with Crippen LogP contribution in [0.25, 0.3) is 22.3 Å². The van der Waals surface area contributed by atoms with Gasteiger partial charge in [0.05, 0.1) is 0 Å². The van der Waals surface area contributed by atoms with E-state index >= 15 is 0 Å². The van der Waals surface area contributed by atoms with Crippen molar-refractivity contribution < 1.29 is 40.2 Å². The van der Waals surface area contributed by atoms with Crippen molar-refractivity contribution in [1.82, 2.24) is 15.3 Å². The molecule has 25 heavy (non-hydrogen) atoms. The van der Waals surface area contributed by atoms with E-state index in [1.54, 1.807) is 30.7 Å². The Morgan fingerprint density at radius 2 is 1.80 bits per heavy atom. The van der Waals surface area contributed by atoms with Crippen LogP contribution in [0.3, 0.4) is 0 Å². The molecule has 7 heteroatoms. The summed E-state index contributed by atoms with van der Waals surface area (Å²) in [5.41, 5.74) is 3.83. The number of hydrogen-bond acceptors (Lipinski definition) is 2. The molecule has 0 saturated carbocycles. The van der Waals surface area contributed by atoms with Crippen LogP contribution >= 0.6 is 0 Å². The molecule has 3 aromatic rings. The van der Waals surface area contributed by atoms with Gasteiger partial charge in [-0.3, -0.25) is 9.78 Å². The molecule has 0 aliphatic carbocycles. The van der Waals surface area contributed by atoms with Crippen LogP contribution < -0.4 is 34.9 Å². The molecule has 0 spiro atoms. The van der Waals surface area contributed by atoms with Crippen LogP contribution in [0.1, 0.15) is 18.8 Å². The zero-order valence-corrected chi connectivity index (χ0v) is 16.2. The van der Waals surface area contributed by atoms with Gasteiger partial charge in [-0.05, 0) is 42.3 Å². The Morgan fingerprint density at radius 3 is 2.40 bits per heavy atom. The number of nitrogens with zero attached hydrogens (tertiary/aromatic N) is 1.